The Labute approximate surface area is 107 Å². The molecule has 2 aromatic carbocycles. The first kappa shape index (κ1) is 10.7. The maximum absolute atomic E-state index is 12.0. The molecule has 0 bridgehead atoms. The fourth-order valence-electron chi connectivity index (χ4n) is 2.26. The molecule has 1 unspecified atom stereocenters. The summed E-state index contributed by atoms with van der Waals surface area (Å²) in [7, 11) is 0. The van der Waals surface area contributed by atoms with Crippen LogP contribution in [-0.2, 0) is 0 Å². The predicted octanol–water partition coefficient (Wildman–Crippen LogP) is 3.35. The minimum absolute atomic E-state index is 0.230. The highest BCUT2D eigenvalue weighted by Gasteiger charge is 2.31. The molecule has 2 aromatic rings. The van der Waals surface area contributed by atoms with Gasteiger partial charge in [-0.05, 0) is 17.2 Å². The molecule has 2 nitrogen and oxygen atoms in total. The van der Waals surface area contributed by atoms with Crippen LogP contribution in [-0.4, -0.2) is 10.9 Å². The van der Waals surface area contributed by atoms with E-state index in [0.717, 1.165) is 15.6 Å². The SMILES string of the molecule is O=C1c2ccccc2-c2c(Br)cccc2C1O. The first-order chi connectivity index (χ1) is 8.20. The Morgan fingerprint density at radius 3 is 2.47 bits per heavy atom. The van der Waals surface area contributed by atoms with Crippen LogP contribution in [0, 0.1) is 0 Å². The standard InChI is InChI=1S/C14H9BrO2/c15-11-7-3-6-10-12(11)8-4-1-2-5-9(8)13(16)14(10)17/h1-7,14,17H. The quantitative estimate of drug-likeness (QED) is 0.807. The van der Waals surface area contributed by atoms with Crippen molar-refractivity contribution in [1.29, 1.82) is 0 Å². The number of rotatable bonds is 0. The van der Waals surface area contributed by atoms with Gasteiger partial charge in [-0.2, -0.15) is 0 Å². The van der Waals surface area contributed by atoms with Gasteiger partial charge in [-0.15, -0.1) is 0 Å². The topological polar surface area (TPSA) is 37.3 Å². The molecule has 0 aromatic heterocycles. The molecule has 0 amide bonds. The fourth-order valence-corrected chi connectivity index (χ4v) is 2.85. The van der Waals surface area contributed by atoms with Crippen molar-refractivity contribution in [2.75, 3.05) is 0 Å². The summed E-state index contributed by atoms with van der Waals surface area (Å²) in [5.41, 5.74) is 3.04. The van der Waals surface area contributed by atoms with E-state index in [1.165, 1.54) is 0 Å². The van der Waals surface area contributed by atoms with Crippen LogP contribution in [0.3, 0.4) is 0 Å². The molecule has 1 N–H and O–H groups in total. The van der Waals surface area contributed by atoms with Gasteiger partial charge in [0, 0.05) is 15.6 Å². The summed E-state index contributed by atoms with van der Waals surface area (Å²) in [6.07, 6.45) is -1.06. The first-order valence-corrected chi connectivity index (χ1v) is 6.09. The van der Waals surface area contributed by atoms with Gasteiger partial charge >= 0.3 is 0 Å². The van der Waals surface area contributed by atoms with Gasteiger partial charge in [0.2, 0.25) is 0 Å². The molecule has 3 rings (SSSR count). The van der Waals surface area contributed by atoms with Crippen molar-refractivity contribution in [3.63, 3.8) is 0 Å². The molecule has 1 aliphatic rings. The van der Waals surface area contributed by atoms with Crippen LogP contribution in [0.15, 0.2) is 46.9 Å². The first-order valence-electron chi connectivity index (χ1n) is 5.30. The van der Waals surface area contributed by atoms with Crippen molar-refractivity contribution >= 4 is 21.7 Å². The van der Waals surface area contributed by atoms with Crippen LogP contribution in [0.1, 0.15) is 22.0 Å². The number of Topliss-reactive ketones (excluding diaryl/α,β-unsaturated/α-hetero) is 1. The summed E-state index contributed by atoms with van der Waals surface area (Å²) in [6.45, 7) is 0. The monoisotopic (exact) mass is 288 g/mol. The number of benzene rings is 2. The molecule has 0 fully saturated rings. The van der Waals surface area contributed by atoms with Gasteiger partial charge in [-0.25, -0.2) is 0 Å². The van der Waals surface area contributed by atoms with E-state index in [1.54, 1.807) is 12.1 Å². The number of aliphatic hydroxyl groups is 1. The Bertz CT molecular complexity index is 619. The van der Waals surface area contributed by atoms with E-state index < -0.39 is 6.10 Å². The molecule has 0 heterocycles. The summed E-state index contributed by atoms with van der Waals surface area (Å²) in [5, 5.41) is 10.0. The average Bonchev–Trinajstić information content (AvgIpc) is 2.36. The maximum Gasteiger partial charge on any atom is 0.196 e. The summed E-state index contributed by atoms with van der Waals surface area (Å²) < 4.78 is 0.897. The molecule has 0 spiro atoms. The zero-order valence-electron chi connectivity index (χ0n) is 8.85. The van der Waals surface area contributed by atoms with Crippen molar-refractivity contribution in [3.05, 3.63) is 58.1 Å². The van der Waals surface area contributed by atoms with Crippen molar-refractivity contribution in [2.45, 2.75) is 6.10 Å². The van der Waals surface area contributed by atoms with Crippen LogP contribution in [0.25, 0.3) is 11.1 Å². The van der Waals surface area contributed by atoms with Crippen molar-refractivity contribution in [3.8, 4) is 11.1 Å². The second-order valence-electron chi connectivity index (χ2n) is 4.02. The Hall–Kier alpha value is -1.45. The van der Waals surface area contributed by atoms with Gasteiger partial charge in [0.25, 0.3) is 0 Å². The smallest absolute Gasteiger partial charge is 0.196 e. The van der Waals surface area contributed by atoms with E-state index in [1.807, 2.05) is 30.3 Å². The minimum atomic E-state index is -1.06. The molecule has 0 aliphatic heterocycles. The van der Waals surface area contributed by atoms with Crippen LogP contribution in [0.2, 0.25) is 0 Å². The second kappa shape index (κ2) is 3.79. The maximum atomic E-state index is 12.0. The molecular weight excluding hydrogens is 280 g/mol. The second-order valence-corrected chi connectivity index (χ2v) is 4.87. The predicted molar refractivity (Wildman–Crippen MR) is 68.9 cm³/mol. The zero-order chi connectivity index (χ0) is 12.0. The Morgan fingerprint density at radius 1 is 1.00 bits per heavy atom. The number of fused-ring (bicyclic) bond motifs is 3. The largest absolute Gasteiger partial charge is 0.380 e. The molecule has 17 heavy (non-hydrogen) atoms. The summed E-state index contributed by atoms with van der Waals surface area (Å²) >= 11 is 3.48. The van der Waals surface area contributed by atoms with Crippen LogP contribution in [0.5, 0.6) is 0 Å². The minimum Gasteiger partial charge on any atom is -0.380 e. The highest BCUT2D eigenvalue weighted by atomic mass is 79.9. The third-order valence-corrected chi connectivity index (χ3v) is 3.71. The number of hydrogen-bond acceptors (Lipinski definition) is 2. The van der Waals surface area contributed by atoms with Crippen LogP contribution >= 0.6 is 15.9 Å². The van der Waals surface area contributed by atoms with E-state index in [9.17, 15) is 9.90 Å². The zero-order valence-corrected chi connectivity index (χ0v) is 10.4. The van der Waals surface area contributed by atoms with Crippen molar-refractivity contribution < 1.29 is 9.90 Å². The average molecular weight is 289 g/mol. The van der Waals surface area contributed by atoms with Gasteiger partial charge in [-0.1, -0.05) is 52.3 Å². The Morgan fingerprint density at radius 2 is 1.71 bits per heavy atom. The third kappa shape index (κ3) is 1.47. The lowest BCUT2D eigenvalue weighted by molar-refractivity contribution is 0.0744. The molecule has 0 saturated carbocycles. The number of carbonyl (C=O) groups excluding carboxylic acids is 1. The third-order valence-electron chi connectivity index (χ3n) is 3.05. The Balaban J connectivity index is 2.41. The Kier molecular flexibility index (Phi) is 2.38. The van der Waals surface area contributed by atoms with Gasteiger partial charge in [0.15, 0.2) is 5.78 Å². The highest BCUT2D eigenvalue weighted by molar-refractivity contribution is 9.10. The number of aliphatic hydroxyl groups excluding tert-OH is 1. The van der Waals surface area contributed by atoms with Gasteiger partial charge < -0.3 is 5.11 Å². The number of ketones is 1. The number of carbonyl (C=O) groups is 1. The van der Waals surface area contributed by atoms with Gasteiger partial charge in [-0.3, -0.25) is 4.79 Å². The molecule has 84 valence electrons. The van der Waals surface area contributed by atoms with E-state index in [4.69, 9.17) is 0 Å². The van der Waals surface area contributed by atoms with Crippen molar-refractivity contribution in [2.24, 2.45) is 0 Å². The van der Waals surface area contributed by atoms with Gasteiger partial charge in [0.1, 0.15) is 6.10 Å². The highest BCUT2D eigenvalue weighted by Crippen LogP contribution is 2.42. The normalized spacial score (nSPS) is 17.5. The summed E-state index contributed by atoms with van der Waals surface area (Å²) in [6, 6.07) is 12.9. The lowest BCUT2D eigenvalue weighted by Gasteiger charge is -2.24. The van der Waals surface area contributed by atoms with Crippen molar-refractivity contribution in [1.82, 2.24) is 0 Å². The molecule has 3 heteroatoms. The molecule has 0 saturated heterocycles. The number of halogens is 1. The summed E-state index contributed by atoms with van der Waals surface area (Å²) in [4.78, 5) is 12.0. The fraction of sp³-hybridized carbons (Fsp3) is 0.0714. The molecule has 0 radical (unpaired) electrons. The van der Waals surface area contributed by atoms with E-state index in [0.29, 0.717) is 11.1 Å². The van der Waals surface area contributed by atoms with E-state index >= 15 is 0 Å². The lowest BCUT2D eigenvalue weighted by Crippen LogP contribution is -2.19. The lowest BCUT2D eigenvalue weighted by atomic mass is 9.83. The van der Waals surface area contributed by atoms with Crippen LogP contribution < -0.4 is 0 Å². The molecule has 1 aliphatic carbocycles. The van der Waals surface area contributed by atoms with Gasteiger partial charge in [0.05, 0.1) is 0 Å². The molecule has 1 atom stereocenters. The summed E-state index contributed by atoms with van der Waals surface area (Å²) in [5.74, 6) is -0.230. The molecular formula is C14H9BrO2. The van der Waals surface area contributed by atoms with E-state index in [2.05, 4.69) is 15.9 Å². The number of hydrogen-bond donors (Lipinski definition) is 1. The van der Waals surface area contributed by atoms with Crippen LogP contribution in [0.4, 0.5) is 0 Å². The van der Waals surface area contributed by atoms with E-state index in [-0.39, 0.29) is 5.78 Å².